The van der Waals surface area contributed by atoms with Crippen molar-refractivity contribution in [1.29, 1.82) is 0 Å². The molecule has 0 unspecified atom stereocenters. The molecule has 0 aromatic carbocycles. The second kappa shape index (κ2) is 9.74. The van der Waals surface area contributed by atoms with Crippen molar-refractivity contribution in [2.24, 2.45) is 5.73 Å². The second-order valence-corrected chi connectivity index (χ2v) is 8.96. The molecule has 3 heterocycles. The molecule has 3 aromatic rings. The first-order chi connectivity index (χ1) is 15.2. The molecule has 0 atom stereocenters. The van der Waals surface area contributed by atoms with Crippen LogP contribution in [0.4, 0.5) is 18.3 Å². The zero-order valence-electron chi connectivity index (χ0n) is 19.3. The van der Waals surface area contributed by atoms with Gasteiger partial charge in [-0.1, -0.05) is 32.1 Å². The lowest BCUT2D eigenvalue weighted by molar-refractivity contribution is -0.140. The third-order valence-corrected chi connectivity index (χ3v) is 6.73. The maximum absolute atomic E-state index is 14.1. The van der Waals surface area contributed by atoms with Crippen molar-refractivity contribution in [3.8, 4) is 10.4 Å². The maximum atomic E-state index is 14.1. The van der Waals surface area contributed by atoms with E-state index in [0.717, 1.165) is 42.0 Å². The number of hydrogen-bond donors (Lipinski definition) is 1. The van der Waals surface area contributed by atoms with Crippen LogP contribution < -0.4 is 10.6 Å². The zero-order chi connectivity index (χ0) is 23.6. The Morgan fingerprint density at radius 1 is 1.12 bits per heavy atom. The van der Waals surface area contributed by atoms with Crippen molar-refractivity contribution in [1.82, 2.24) is 19.6 Å². The summed E-state index contributed by atoms with van der Waals surface area (Å²) in [5, 5.41) is 4.95. The number of halogens is 3. The highest BCUT2D eigenvalue weighted by molar-refractivity contribution is 7.19. The van der Waals surface area contributed by atoms with Crippen LogP contribution in [0.2, 0.25) is 0 Å². The fraction of sp³-hybridized carbons (Fsp3) is 0.591. The van der Waals surface area contributed by atoms with Crippen LogP contribution in [0.25, 0.3) is 16.1 Å². The molecule has 0 fully saturated rings. The number of aryl methyl sites for hydroxylation is 2. The van der Waals surface area contributed by atoms with Crippen LogP contribution in [0, 0.1) is 13.8 Å². The number of anilines is 1. The summed E-state index contributed by atoms with van der Waals surface area (Å²) in [5.74, 6) is 0.245. The molecule has 176 valence electrons. The lowest BCUT2D eigenvalue weighted by atomic mass is 9.98. The van der Waals surface area contributed by atoms with E-state index in [4.69, 9.17) is 5.73 Å². The summed E-state index contributed by atoms with van der Waals surface area (Å²) in [6.45, 7) is 11.2. The van der Waals surface area contributed by atoms with Crippen LogP contribution in [0.5, 0.6) is 0 Å². The molecule has 10 heteroatoms. The molecule has 0 aliphatic carbocycles. The van der Waals surface area contributed by atoms with Crippen LogP contribution in [0.15, 0.2) is 6.07 Å². The van der Waals surface area contributed by atoms with Crippen molar-refractivity contribution in [3.63, 3.8) is 0 Å². The van der Waals surface area contributed by atoms with E-state index in [1.54, 1.807) is 11.4 Å². The SMILES string of the molecule is CCCN(CCN)c1nc(C(F)(F)F)c(-c2c(C)nn3c(C(CC)CC)cc(C)nc23)s1. The van der Waals surface area contributed by atoms with Gasteiger partial charge in [-0.05, 0) is 39.2 Å². The number of alkyl halides is 3. The Kier molecular flexibility index (Phi) is 7.44. The Bertz CT molecular complexity index is 1060. The molecule has 32 heavy (non-hydrogen) atoms. The van der Waals surface area contributed by atoms with Gasteiger partial charge in [-0.15, -0.1) is 0 Å². The number of fused-ring (bicyclic) bond motifs is 1. The van der Waals surface area contributed by atoms with Gasteiger partial charge in [0.25, 0.3) is 0 Å². The summed E-state index contributed by atoms with van der Waals surface area (Å²) in [7, 11) is 0. The number of aromatic nitrogens is 4. The third kappa shape index (κ3) is 4.61. The smallest absolute Gasteiger partial charge is 0.347 e. The topological polar surface area (TPSA) is 72.3 Å². The normalized spacial score (nSPS) is 12.3. The Labute approximate surface area is 190 Å². The number of thiazole rings is 1. The van der Waals surface area contributed by atoms with Crippen LogP contribution in [0.3, 0.4) is 0 Å². The van der Waals surface area contributed by atoms with Gasteiger partial charge in [0.1, 0.15) is 0 Å². The summed E-state index contributed by atoms with van der Waals surface area (Å²) in [6.07, 6.45) is -1.99. The van der Waals surface area contributed by atoms with E-state index in [-0.39, 0.29) is 10.8 Å². The first kappa shape index (κ1) is 24.4. The maximum Gasteiger partial charge on any atom is 0.434 e. The van der Waals surface area contributed by atoms with E-state index in [0.29, 0.717) is 41.7 Å². The molecule has 2 N–H and O–H groups in total. The van der Waals surface area contributed by atoms with E-state index in [1.807, 2.05) is 24.8 Å². The quantitative estimate of drug-likeness (QED) is 0.445. The van der Waals surface area contributed by atoms with Crippen LogP contribution in [-0.4, -0.2) is 39.2 Å². The van der Waals surface area contributed by atoms with Crippen LogP contribution >= 0.6 is 11.3 Å². The first-order valence-corrected chi connectivity index (χ1v) is 11.9. The number of rotatable bonds is 9. The van der Waals surface area contributed by atoms with Gasteiger partial charge >= 0.3 is 6.18 Å². The summed E-state index contributed by atoms with van der Waals surface area (Å²) >= 11 is 1.04. The van der Waals surface area contributed by atoms with Crippen molar-refractivity contribution in [2.75, 3.05) is 24.5 Å². The molecular weight excluding hydrogens is 437 g/mol. The minimum atomic E-state index is -4.59. The molecule has 0 amide bonds. The predicted octanol–water partition coefficient (Wildman–Crippen LogP) is 5.57. The van der Waals surface area contributed by atoms with Gasteiger partial charge in [0.2, 0.25) is 0 Å². The molecule has 3 aromatic heterocycles. The first-order valence-electron chi connectivity index (χ1n) is 11.1. The molecular formula is C22H31F3N6S. The highest BCUT2D eigenvalue weighted by Gasteiger charge is 2.40. The summed E-state index contributed by atoms with van der Waals surface area (Å²) in [5.41, 5.74) is 7.91. The fourth-order valence-corrected chi connectivity index (χ4v) is 5.30. The molecule has 0 radical (unpaired) electrons. The Morgan fingerprint density at radius 2 is 1.81 bits per heavy atom. The number of nitrogens with two attached hydrogens (primary N) is 1. The largest absolute Gasteiger partial charge is 0.434 e. The van der Waals surface area contributed by atoms with E-state index in [1.165, 1.54) is 0 Å². The molecule has 0 saturated carbocycles. The van der Waals surface area contributed by atoms with E-state index in [9.17, 15) is 13.2 Å². The molecule has 3 rings (SSSR count). The second-order valence-electron chi connectivity index (χ2n) is 7.98. The molecule has 6 nitrogen and oxygen atoms in total. The van der Waals surface area contributed by atoms with Gasteiger partial charge < -0.3 is 10.6 Å². The van der Waals surface area contributed by atoms with Crippen molar-refractivity contribution >= 4 is 22.1 Å². The average molecular weight is 469 g/mol. The molecule has 0 spiro atoms. The van der Waals surface area contributed by atoms with Crippen molar-refractivity contribution in [2.45, 2.75) is 66.0 Å². The molecule has 0 aliphatic heterocycles. The van der Waals surface area contributed by atoms with Gasteiger partial charge in [-0.25, -0.2) is 14.5 Å². The molecule has 0 aliphatic rings. The predicted molar refractivity (Wildman–Crippen MR) is 123 cm³/mol. The van der Waals surface area contributed by atoms with Gasteiger partial charge in [0.05, 0.1) is 16.1 Å². The van der Waals surface area contributed by atoms with Crippen molar-refractivity contribution < 1.29 is 13.2 Å². The Morgan fingerprint density at radius 3 is 2.38 bits per heavy atom. The molecule has 0 bridgehead atoms. The Hall–Kier alpha value is -2.20. The lowest BCUT2D eigenvalue weighted by Crippen LogP contribution is -2.30. The highest BCUT2D eigenvalue weighted by atomic mass is 32.1. The summed E-state index contributed by atoms with van der Waals surface area (Å²) in [4.78, 5) is 10.5. The van der Waals surface area contributed by atoms with Gasteiger partial charge in [-0.3, -0.25) is 0 Å². The van der Waals surface area contributed by atoms with E-state index < -0.39 is 11.9 Å². The molecule has 0 saturated heterocycles. The third-order valence-electron chi connectivity index (χ3n) is 5.60. The Balaban J connectivity index is 2.29. The standard InChI is InChI=1S/C22H31F3N6S/c1-6-10-30(11-9-26)21-28-19(22(23,24)25)18(32-21)17-14(5)29-31-16(15(7-2)8-3)12-13(4)27-20(17)31/h12,15H,6-11,26H2,1-5H3. The highest BCUT2D eigenvalue weighted by Crippen LogP contribution is 2.45. The minimum absolute atomic E-state index is 0.0618. The van der Waals surface area contributed by atoms with E-state index >= 15 is 0 Å². The average Bonchev–Trinajstić information content (AvgIpc) is 3.29. The fourth-order valence-electron chi connectivity index (χ4n) is 4.07. The lowest BCUT2D eigenvalue weighted by Gasteiger charge is -2.19. The monoisotopic (exact) mass is 468 g/mol. The van der Waals surface area contributed by atoms with Crippen LogP contribution in [0.1, 0.15) is 68.7 Å². The number of nitrogens with zero attached hydrogens (tertiary/aromatic N) is 5. The number of hydrogen-bond acceptors (Lipinski definition) is 6. The van der Waals surface area contributed by atoms with Gasteiger partial charge in [0, 0.05) is 36.9 Å². The zero-order valence-corrected chi connectivity index (χ0v) is 20.1. The van der Waals surface area contributed by atoms with Crippen molar-refractivity contribution in [3.05, 3.63) is 28.8 Å². The summed E-state index contributed by atoms with van der Waals surface area (Å²) in [6, 6.07) is 1.98. The van der Waals surface area contributed by atoms with Gasteiger partial charge in [-0.2, -0.15) is 18.3 Å². The van der Waals surface area contributed by atoms with Crippen LogP contribution in [-0.2, 0) is 6.18 Å². The summed E-state index contributed by atoms with van der Waals surface area (Å²) < 4.78 is 43.9. The van der Waals surface area contributed by atoms with E-state index in [2.05, 4.69) is 28.9 Å². The van der Waals surface area contributed by atoms with Gasteiger partial charge in [0.15, 0.2) is 16.5 Å². The minimum Gasteiger partial charge on any atom is -0.347 e.